The van der Waals surface area contributed by atoms with Gasteiger partial charge in [0.15, 0.2) is 5.58 Å². The Morgan fingerprint density at radius 1 is 1.00 bits per heavy atom. The van der Waals surface area contributed by atoms with Crippen LogP contribution in [0.4, 0.5) is 0 Å². The zero-order chi connectivity index (χ0) is 26.8. The molecule has 4 aromatic rings. The van der Waals surface area contributed by atoms with Gasteiger partial charge in [0.1, 0.15) is 29.2 Å². The normalized spacial score (nSPS) is 16.8. The van der Waals surface area contributed by atoms with E-state index < -0.39 is 0 Å². The molecule has 2 aromatic carbocycles. The highest BCUT2D eigenvalue weighted by molar-refractivity contribution is 5.95. The average molecular weight is 523 g/mol. The fourth-order valence-corrected chi connectivity index (χ4v) is 5.14. The molecule has 1 amide bonds. The molecule has 4 heterocycles. The second-order valence-electron chi connectivity index (χ2n) is 10.1. The van der Waals surface area contributed by atoms with Gasteiger partial charge >= 0.3 is 0 Å². The Kier molecular flexibility index (Phi) is 7.01. The SMILES string of the molecule is CN1CCN(C(=O)c2ccc(-c3cc4nccc(-c5ccc(OC6CCOCC6)c(C#N)c5)c4o3)cc2)CC1. The van der Waals surface area contributed by atoms with Crippen molar-refractivity contribution in [2.75, 3.05) is 46.4 Å². The molecule has 0 bridgehead atoms. The van der Waals surface area contributed by atoms with Crippen LogP contribution < -0.4 is 4.74 Å². The van der Waals surface area contributed by atoms with Crippen LogP contribution in [0.15, 0.2) is 65.2 Å². The predicted molar refractivity (Wildman–Crippen MR) is 147 cm³/mol. The van der Waals surface area contributed by atoms with Gasteiger partial charge in [0.2, 0.25) is 0 Å². The number of nitriles is 1. The molecule has 0 radical (unpaired) electrons. The molecular weight excluding hydrogens is 492 g/mol. The van der Waals surface area contributed by atoms with Gasteiger partial charge in [0.25, 0.3) is 5.91 Å². The summed E-state index contributed by atoms with van der Waals surface area (Å²) < 4.78 is 17.8. The number of rotatable bonds is 5. The second-order valence-corrected chi connectivity index (χ2v) is 10.1. The molecule has 2 saturated heterocycles. The van der Waals surface area contributed by atoms with Crippen LogP contribution in [0, 0.1) is 11.3 Å². The monoisotopic (exact) mass is 522 g/mol. The smallest absolute Gasteiger partial charge is 0.253 e. The fourth-order valence-electron chi connectivity index (χ4n) is 5.14. The van der Waals surface area contributed by atoms with Gasteiger partial charge in [-0.1, -0.05) is 18.2 Å². The number of furan rings is 1. The first-order valence-corrected chi connectivity index (χ1v) is 13.3. The highest BCUT2D eigenvalue weighted by Crippen LogP contribution is 2.35. The van der Waals surface area contributed by atoms with Crippen LogP contribution in [0.3, 0.4) is 0 Å². The summed E-state index contributed by atoms with van der Waals surface area (Å²) in [6, 6.07) is 19.3. The van der Waals surface area contributed by atoms with Crippen LogP contribution in [0.1, 0.15) is 28.8 Å². The highest BCUT2D eigenvalue weighted by Gasteiger charge is 2.21. The number of ether oxygens (including phenoxy) is 2. The lowest BCUT2D eigenvalue weighted by Crippen LogP contribution is -2.47. The van der Waals surface area contributed by atoms with Crippen molar-refractivity contribution in [1.29, 1.82) is 5.26 Å². The van der Waals surface area contributed by atoms with E-state index in [0.717, 1.165) is 61.2 Å². The fraction of sp³-hybridized carbons (Fsp3) is 0.323. The third-order valence-corrected chi connectivity index (χ3v) is 7.49. The lowest BCUT2D eigenvalue weighted by atomic mass is 10.0. The summed E-state index contributed by atoms with van der Waals surface area (Å²) >= 11 is 0. The first-order valence-electron chi connectivity index (χ1n) is 13.3. The van der Waals surface area contributed by atoms with Gasteiger partial charge in [0.05, 0.1) is 18.8 Å². The van der Waals surface area contributed by atoms with Crippen molar-refractivity contribution in [2.45, 2.75) is 18.9 Å². The number of carbonyl (C=O) groups is 1. The summed E-state index contributed by atoms with van der Waals surface area (Å²) in [5, 5.41) is 9.82. The topological polar surface area (TPSA) is 91.8 Å². The summed E-state index contributed by atoms with van der Waals surface area (Å²) in [7, 11) is 2.07. The minimum absolute atomic E-state index is 0.0557. The van der Waals surface area contributed by atoms with Gasteiger partial charge in [-0.25, -0.2) is 0 Å². The third-order valence-electron chi connectivity index (χ3n) is 7.49. The van der Waals surface area contributed by atoms with E-state index in [0.29, 0.717) is 41.4 Å². The Morgan fingerprint density at radius 2 is 1.74 bits per heavy atom. The number of hydrogen-bond acceptors (Lipinski definition) is 7. The van der Waals surface area contributed by atoms with Crippen molar-refractivity contribution in [3.63, 3.8) is 0 Å². The van der Waals surface area contributed by atoms with Crippen LogP contribution in [-0.2, 0) is 4.74 Å². The Labute approximate surface area is 227 Å². The summed E-state index contributed by atoms with van der Waals surface area (Å²) in [6.45, 7) is 4.61. The van der Waals surface area contributed by atoms with Crippen molar-refractivity contribution < 1.29 is 18.7 Å². The number of amides is 1. The number of piperazine rings is 1. The zero-order valence-electron chi connectivity index (χ0n) is 21.9. The molecule has 0 spiro atoms. The first-order chi connectivity index (χ1) is 19.1. The number of carbonyl (C=O) groups excluding carboxylic acids is 1. The lowest BCUT2D eigenvalue weighted by molar-refractivity contribution is 0.0254. The molecule has 8 heteroatoms. The van der Waals surface area contributed by atoms with Crippen molar-refractivity contribution in [2.24, 2.45) is 0 Å². The molecule has 2 aliphatic heterocycles. The molecule has 0 saturated carbocycles. The molecule has 8 nitrogen and oxygen atoms in total. The summed E-state index contributed by atoms with van der Waals surface area (Å²) in [5.41, 5.74) is 5.09. The standard InChI is InChI=1S/C31H30N4O4/c1-34-12-14-35(15-13-34)31(36)22-4-2-21(3-5-22)29-19-27-30(39-29)26(8-11-33-27)23-6-7-28(24(18-23)20-32)38-25-9-16-37-17-10-25/h2-8,11,18-19,25H,9-10,12-17H2,1H3. The molecule has 198 valence electrons. The number of nitrogens with zero attached hydrogens (tertiary/aromatic N) is 4. The minimum Gasteiger partial charge on any atom is -0.489 e. The number of fused-ring (bicyclic) bond motifs is 1. The predicted octanol–water partition coefficient (Wildman–Crippen LogP) is 4.98. The maximum absolute atomic E-state index is 12.9. The van der Waals surface area contributed by atoms with E-state index in [1.165, 1.54) is 0 Å². The van der Waals surface area contributed by atoms with Crippen molar-refractivity contribution in [3.8, 4) is 34.3 Å². The molecule has 0 unspecified atom stereocenters. The van der Waals surface area contributed by atoms with E-state index in [2.05, 4.69) is 23.0 Å². The number of aromatic nitrogens is 1. The molecule has 2 aromatic heterocycles. The Morgan fingerprint density at radius 3 is 2.49 bits per heavy atom. The van der Waals surface area contributed by atoms with Crippen molar-refractivity contribution in [3.05, 3.63) is 71.9 Å². The Bertz CT molecular complexity index is 1520. The molecule has 0 atom stereocenters. The summed E-state index contributed by atoms with van der Waals surface area (Å²) in [5.74, 6) is 1.31. The molecule has 2 fully saturated rings. The first kappa shape index (κ1) is 25.1. The van der Waals surface area contributed by atoms with Gasteiger partial charge in [0, 0.05) is 68.0 Å². The van der Waals surface area contributed by atoms with Crippen LogP contribution in [0.2, 0.25) is 0 Å². The molecule has 6 rings (SSSR count). The Hall–Kier alpha value is -4.19. The average Bonchev–Trinajstić information content (AvgIpc) is 3.43. The van der Waals surface area contributed by atoms with Crippen LogP contribution in [-0.4, -0.2) is 73.2 Å². The third kappa shape index (κ3) is 5.24. The van der Waals surface area contributed by atoms with E-state index in [9.17, 15) is 10.1 Å². The van der Waals surface area contributed by atoms with Crippen LogP contribution in [0.25, 0.3) is 33.6 Å². The largest absolute Gasteiger partial charge is 0.489 e. The lowest BCUT2D eigenvalue weighted by Gasteiger charge is -2.32. The number of benzene rings is 2. The summed E-state index contributed by atoms with van der Waals surface area (Å²) in [6.07, 6.45) is 3.43. The maximum Gasteiger partial charge on any atom is 0.253 e. The van der Waals surface area contributed by atoms with E-state index in [1.807, 2.05) is 59.5 Å². The van der Waals surface area contributed by atoms with E-state index >= 15 is 0 Å². The van der Waals surface area contributed by atoms with E-state index in [1.54, 1.807) is 6.20 Å². The quantitative estimate of drug-likeness (QED) is 0.365. The summed E-state index contributed by atoms with van der Waals surface area (Å²) in [4.78, 5) is 21.6. The van der Waals surface area contributed by atoms with Gasteiger partial charge < -0.3 is 23.7 Å². The van der Waals surface area contributed by atoms with Gasteiger partial charge in [-0.15, -0.1) is 0 Å². The van der Waals surface area contributed by atoms with E-state index in [-0.39, 0.29) is 12.0 Å². The number of pyridine rings is 1. The molecule has 39 heavy (non-hydrogen) atoms. The molecule has 2 aliphatic rings. The minimum atomic E-state index is 0.0557. The van der Waals surface area contributed by atoms with Crippen LogP contribution >= 0.6 is 0 Å². The van der Waals surface area contributed by atoms with Gasteiger partial charge in [-0.2, -0.15) is 5.26 Å². The van der Waals surface area contributed by atoms with Crippen molar-refractivity contribution >= 4 is 17.0 Å². The second kappa shape index (κ2) is 10.9. The molecule has 0 N–H and O–H groups in total. The zero-order valence-corrected chi connectivity index (χ0v) is 21.9. The van der Waals surface area contributed by atoms with E-state index in [4.69, 9.17) is 13.9 Å². The molecule has 0 aliphatic carbocycles. The van der Waals surface area contributed by atoms with Crippen LogP contribution in [0.5, 0.6) is 5.75 Å². The number of likely N-dealkylation sites (N-methyl/N-ethyl adjacent to an activating group) is 1. The number of hydrogen-bond donors (Lipinski definition) is 0. The van der Waals surface area contributed by atoms with Crippen molar-refractivity contribution in [1.82, 2.24) is 14.8 Å². The van der Waals surface area contributed by atoms with Gasteiger partial charge in [-0.3, -0.25) is 9.78 Å². The Balaban J connectivity index is 1.25. The maximum atomic E-state index is 12.9. The molecular formula is C31H30N4O4. The van der Waals surface area contributed by atoms with Gasteiger partial charge in [-0.05, 0) is 42.9 Å². The highest BCUT2D eigenvalue weighted by atomic mass is 16.5.